The molecule has 7 rings (SSSR count). The zero-order valence-corrected chi connectivity index (χ0v) is 23.9. The number of carbonyl (C=O) groups is 1. The predicted octanol–water partition coefficient (Wildman–Crippen LogP) is 4.16. The number of hydrogen-bond donors (Lipinski definition) is 0. The number of piperidine rings is 1. The first-order valence-corrected chi connectivity index (χ1v) is 15.2. The van der Waals surface area contributed by atoms with Crippen molar-refractivity contribution < 1.29 is 9.53 Å². The third-order valence-corrected chi connectivity index (χ3v) is 9.09. The Morgan fingerprint density at radius 2 is 1.82 bits per heavy atom. The Kier molecular flexibility index (Phi) is 6.78. The highest BCUT2D eigenvalue weighted by molar-refractivity contribution is 5.97. The lowest BCUT2D eigenvalue weighted by Crippen LogP contribution is -2.40. The summed E-state index contributed by atoms with van der Waals surface area (Å²) in [7, 11) is 2.17. The van der Waals surface area contributed by atoms with Gasteiger partial charge >= 0.3 is 0 Å². The lowest BCUT2D eigenvalue weighted by molar-refractivity contribution is 0.0600. The fraction of sp³-hybridized carbons (Fsp3) is 0.581. The van der Waals surface area contributed by atoms with Crippen LogP contribution in [-0.4, -0.2) is 89.8 Å². The summed E-state index contributed by atoms with van der Waals surface area (Å²) in [5.74, 6) is 3.60. The Morgan fingerprint density at radius 3 is 2.62 bits per heavy atom. The van der Waals surface area contributed by atoms with Crippen LogP contribution in [0.5, 0.6) is 5.75 Å². The smallest absolute Gasteiger partial charge is 0.258 e. The molecule has 1 aliphatic carbocycles. The van der Waals surface area contributed by atoms with Crippen LogP contribution in [0.3, 0.4) is 0 Å². The SMILES string of the molecule is Cc1ccc2c(c1)C(=O)N1CCCC[C@H]1c1cc3nc(N4CCC4)cc(n3n1)N(C)CCN(CC1CC1)CCO2. The summed E-state index contributed by atoms with van der Waals surface area (Å²) in [5.41, 5.74) is 3.51. The van der Waals surface area contributed by atoms with Gasteiger partial charge in [0, 0.05) is 65.0 Å². The van der Waals surface area contributed by atoms with Crippen molar-refractivity contribution in [3.05, 3.63) is 47.2 Å². The molecular weight excluding hydrogens is 502 g/mol. The van der Waals surface area contributed by atoms with Crippen molar-refractivity contribution in [3.63, 3.8) is 0 Å². The normalized spacial score (nSPS) is 22.7. The summed E-state index contributed by atoms with van der Waals surface area (Å²) in [6, 6.07) is 10.2. The number of fused-ring (bicyclic) bond motifs is 4. The van der Waals surface area contributed by atoms with Crippen LogP contribution < -0.4 is 14.5 Å². The van der Waals surface area contributed by atoms with E-state index in [2.05, 4.69) is 33.9 Å². The van der Waals surface area contributed by atoms with Crippen molar-refractivity contribution in [2.24, 2.45) is 5.92 Å². The van der Waals surface area contributed by atoms with Crippen molar-refractivity contribution in [2.45, 2.75) is 51.5 Å². The molecule has 0 unspecified atom stereocenters. The highest BCUT2D eigenvalue weighted by Crippen LogP contribution is 2.35. The van der Waals surface area contributed by atoms with Crippen LogP contribution >= 0.6 is 0 Å². The number of likely N-dealkylation sites (N-methyl/N-ethyl adjacent to an activating group) is 1. The average molecular weight is 544 g/mol. The average Bonchev–Trinajstić information content (AvgIpc) is 3.64. The maximum atomic E-state index is 14.2. The van der Waals surface area contributed by atoms with E-state index >= 15 is 0 Å². The van der Waals surface area contributed by atoms with E-state index in [4.69, 9.17) is 14.8 Å². The van der Waals surface area contributed by atoms with Crippen molar-refractivity contribution in [1.29, 1.82) is 0 Å². The Bertz CT molecular complexity index is 1400. The van der Waals surface area contributed by atoms with Gasteiger partial charge in [-0.05, 0) is 63.5 Å². The number of benzene rings is 1. The number of aromatic nitrogens is 3. The largest absolute Gasteiger partial charge is 0.491 e. The lowest BCUT2D eigenvalue weighted by atomic mass is 9.97. The maximum absolute atomic E-state index is 14.2. The number of rotatable bonds is 3. The molecule has 0 spiro atoms. The van der Waals surface area contributed by atoms with Crippen molar-refractivity contribution in [1.82, 2.24) is 24.4 Å². The summed E-state index contributed by atoms with van der Waals surface area (Å²) in [4.78, 5) is 28.4. The molecule has 9 nitrogen and oxygen atoms in total. The minimum absolute atomic E-state index is 0.0361. The Balaban J connectivity index is 1.32. The van der Waals surface area contributed by atoms with Gasteiger partial charge in [0.25, 0.3) is 5.91 Å². The molecule has 4 aliphatic rings. The standard InChI is InChI=1S/C31H41N7O2/c1-22-7-10-27-24(18-22)31(39)37-13-4-3-6-26(37)25-19-29-32-28(36-11-5-12-36)20-30(38(29)33-25)34(2)14-15-35(16-17-40-27)21-23-8-9-23/h7,10,18-20,23,26H,3-6,8-9,11-17,21H2,1-2H3/t26-/m0/s1. The Morgan fingerprint density at radius 1 is 0.950 bits per heavy atom. The van der Waals surface area contributed by atoms with E-state index in [-0.39, 0.29) is 11.9 Å². The predicted molar refractivity (Wildman–Crippen MR) is 157 cm³/mol. The summed E-state index contributed by atoms with van der Waals surface area (Å²) in [6.07, 6.45) is 6.83. The molecule has 0 radical (unpaired) electrons. The van der Waals surface area contributed by atoms with Crippen LogP contribution in [0.2, 0.25) is 0 Å². The van der Waals surface area contributed by atoms with Gasteiger partial charge in [-0.15, -0.1) is 0 Å². The Labute approximate surface area is 236 Å². The summed E-state index contributed by atoms with van der Waals surface area (Å²) >= 11 is 0. The number of amides is 1. The van der Waals surface area contributed by atoms with E-state index in [9.17, 15) is 4.79 Å². The molecule has 2 saturated heterocycles. The minimum Gasteiger partial charge on any atom is -0.491 e. The third kappa shape index (κ3) is 5.00. The van der Waals surface area contributed by atoms with E-state index in [0.717, 1.165) is 99.5 Å². The van der Waals surface area contributed by atoms with Crippen LogP contribution in [0.15, 0.2) is 30.3 Å². The minimum atomic E-state index is -0.0798. The molecule has 3 aromatic rings. The monoisotopic (exact) mass is 543 g/mol. The first-order chi connectivity index (χ1) is 19.5. The molecule has 0 N–H and O–H groups in total. The fourth-order valence-electron chi connectivity index (χ4n) is 6.33. The van der Waals surface area contributed by atoms with E-state index in [1.807, 2.05) is 34.5 Å². The topological polar surface area (TPSA) is 69.5 Å². The van der Waals surface area contributed by atoms with Crippen LogP contribution in [-0.2, 0) is 0 Å². The van der Waals surface area contributed by atoms with Crippen molar-refractivity contribution in [2.75, 3.05) is 69.3 Å². The molecule has 2 aromatic heterocycles. The van der Waals surface area contributed by atoms with Crippen LogP contribution in [0.1, 0.15) is 66.2 Å². The molecule has 3 aliphatic heterocycles. The first-order valence-electron chi connectivity index (χ1n) is 15.2. The van der Waals surface area contributed by atoms with Gasteiger partial charge in [-0.1, -0.05) is 11.6 Å². The molecule has 1 saturated carbocycles. The van der Waals surface area contributed by atoms with E-state index in [1.165, 1.54) is 19.3 Å². The number of anilines is 2. The second kappa shape index (κ2) is 10.6. The van der Waals surface area contributed by atoms with E-state index in [1.54, 1.807) is 0 Å². The summed E-state index contributed by atoms with van der Waals surface area (Å²) in [6.45, 7) is 9.21. The van der Waals surface area contributed by atoms with Gasteiger partial charge in [0.2, 0.25) is 0 Å². The van der Waals surface area contributed by atoms with Crippen LogP contribution in [0.25, 0.3) is 5.65 Å². The summed E-state index contributed by atoms with van der Waals surface area (Å²) < 4.78 is 8.36. The number of hydrogen-bond acceptors (Lipinski definition) is 7. The highest BCUT2D eigenvalue weighted by atomic mass is 16.5. The van der Waals surface area contributed by atoms with Crippen molar-refractivity contribution >= 4 is 23.2 Å². The van der Waals surface area contributed by atoms with Gasteiger partial charge in [-0.25, -0.2) is 4.98 Å². The van der Waals surface area contributed by atoms with Gasteiger partial charge in [-0.3, -0.25) is 9.69 Å². The van der Waals surface area contributed by atoms with Crippen LogP contribution in [0.4, 0.5) is 11.6 Å². The van der Waals surface area contributed by atoms with Crippen molar-refractivity contribution in [3.8, 4) is 5.75 Å². The molecular formula is C31H41N7O2. The molecule has 2 bridgehead atoms. The lowest BCUT2D eigenvalue weighted by Gasteiger charge is -2.35. The van der Waals surface area contributed by atoms with Gasteiger partial charge in [0.15, 0.2) is 5.65 Å². The van der Waals surface area contributed by atoms with E-state index in [0.29, 0.717) is 17.9 Å². The molecule has 1 aromatic carbocycles. The molecule has 1 amide bonds. The van der Waals surface area contributed by atoms with Gasteiger partial charge < -0.3 is 19.4 Å². The van der Waals surface area contributed by atoms with Gasteiger partial charge in [0.1, 0.15) is 24.0 Å². The second-order valence-corrected chi connectivity index (χ2v) is 12.2. The molecule has 3 fully saturated rings. The third-order valence-electron chi connectivity index (χ3n) is 9.09. The molecule has 212 valence electrons. The first kappa shape index (κ1) is 25.6. The number of aryl methyl sites for hydroxylation is 1. The highest BCUT2D eigenvalue weighted by Gasteiger charge is 2.33. The zero-order chi connectivity index (χ0) is 27.2. The number of nitrogens with zero attached hydrogens (tertiary/aromatic N) is 7. The second-order valence-electron chi connectivity index (χ2n) is 12.2. The number of ether oxygens (including phenoxy) is 1. The van der Waals surface area contributed by atoms with Gasteiger partial charge in [-0.2, -0.15) is 9.61 Å². The fourth-order valence-corrected chi connectivity index (χ4v) is 6.33. The molecule has 40 heavy (non-hydrogen) atoms. The molecule has 5 heterocycles. The zero-order valence-electron chi connectivity index (χ0n) is 23.9. The summed E-state index contributed by atoms with van der Waals surface area (Å²) in [5, 5.41) is 5.14. The van der Waals surface area contributed by atoms with Gasteiger partial charge in [0.05, 0.1) is 17.3 Å². The van der Waals surface area contributed by atoms with Crippen LogP contribution in [0, 0.1) is 12.8 Å². The molecule has 1 atom stereocenters. The molecule has 9 heteroatoms. The van der Waals surface area contributed by atoms with E-state index < -0.39 is 0 Å². The number of carbonyl (C=O) groups excluding carboxylic acids is 1. The Hall–Kier alpha value is -3.33. The maximum Gasteiger partial charge on any atom is 0.258 e. The quantitative estimate of drug-likeness (QED) is 0.492.